The number of amides is 1. The molecule has 0 saturated carbocycles. The van der Waals surface area contributed by atoms with Crippen LogP contribution < -0.4 is 16.6 Å². The molecule has 7 nitrogen and oxygen atoms in total. The van der Waals surface area contributed by atoms with E-state index in [0.717, 1.165) is 18.9 Å². The van der Waals surface area contributed by atoms with E-state index in [1.165, 1.54) is 0 Å². The Labute approximate surface area is 121 Å². The van der Waals surface area contributed by atoms with Crippen molar-refractivity contribution in [2.24, 2.45) is 11.8 Å². The van der Waals surface area contributed by atoms with Gasteiger partial charge in [-0.25, -0.2) is 4.39 Å². The van der Waals surface area contributed by atoms with Gasteiger partial charge < -0.3 is 10.7 Å². The summed E-state index contributed by atoms with van der Waals surface area (Å²) in [4.78, 5) is 22.1. The molecule has 0 radical (unpaired) electrons. The van der Waals surface area contributed by atoms with Crippen molar-refractivity contribution in [1.82, 2.24) is 5.32 Å². The molecular formula is C13H19FN4O3. The minimum Gasteiger partial charge on any atom is -0.352 e. The lowest BCUT2D eigenvalue weighted by molar-refractivity contribution is -0.385. The molecule has 0 bridgehead atoms. The maximum Gasteiger partial charge on any atom is 0.285 e. The largest absolute Gasteiger partial charge is 0.352 e. The standard InChI is InChI=1S/C13H19FN4O3/c1-8(2)4-3-5-16-13(19)9-6-11(17-15)10(14)7-12(9)18(20)21/h6-8,17H,3-5,15H2,1-2H3,(H,16,19). The number of anilines is 1. The maximum atomic E-state index is 13.5. The van der Waals surface area contributed by atoms with Gasteiger partial charge in [0.25, 0.3) is 11.6 Å². The molecule has 0 spiro atoms. The number of nitrogens with one attached hydrogen (secondary N) is 2. The van der Waals surface area contributed by atoms with Crippen LogP contribution in [0.2, 0.25) is 0 Å². The van der Waals surface area contributed by atoms with Crippen molar-refractivity contribution in [2.45, 2.75) is 26.7 Å². The molecule has 0 fully saturated rings. The second-order valence-electron chi connectivity index (χ2n) is 5.04. The molecule has 0 aromatic heterocycles. The van der Waals surface area contributed by atoms with Crippen LogP contribution in [-0.2, 0) is 0 Å². The summed E-state index contributed by atoms with van der Waals surface area (Å²) in [6.45, 7) is 4.52. The number of nitrogens with two attached hydrogens (primary N) is 1. The smallest absolute Gasteiger partial charge is 0.285 e. The Kier molecular flexibility index (Phi) is 6.04. The molecule has 21 heavy (non-hydrogen) atoms. The van der Waals surface area contributed by atoms with E-state index in [1.807, 2.05) is 0 Å². The molecule has 1 aromatic rings. The van der Waals surface area contributed by atoms with Gasteiger partial charge >= 0.3 is 0 Å². The van der Waals surface area contributed by atoms with Crippen molar-refractivity contribution < 1.29 is 14.1 Å². The van der Waals surface area contributed by atoms with Crippen molar-refractivity contribution in [3.63, 3.8) is 0 Å². The molecule has 0 aliphatic heterocycles. The van der Waals surface area contributed by atoms with Gasteiger partial charge in [0.15, 0.2) is 5.82 Å². The molecule has 1 aromatic carbocycles. The monoisotopic (exact) mass is 298 g/mol. The fraction of sp³-hybridized carbons (Fsp3) is 0.462. The summed E-state index contributed by atoms with van der Waals surface area (Å²) in [5.41, 5.74) is 1.07. The summed E-state index contributed by atoms with van der Waals surface area (Å²) >= 11 is 0. The van der Waals surface area contributed by atoms with Crippen LogP contribution >= 0.6 is 0 Å². The Bertz CT molecular complexity index is 534. The SMILES string of the molecule is CC(C)CCCNC(=O)c1cc(NN)c(F)cc1[N+](=O)[O-]. The Hall–Kier alpha value is -2.22. The summed E-state index contributed by atoms with van der Waals surface area (Å²) in [7, 11) is 0. The van der Waals surface area contributed by atoms with Crippen LogP contribution in [0.1, 0.15) is 37.0 Å². The first kappa shape index (κ1) is 16.8. The molecule has 1 amide bonds. The molecule has 0 atom stereocenters. The lowest BCUT2D eigenvalue weighted by Crippen LogP contribution is -2.26. The highest BCUT2D eigenvalue weighted by molar-refractivity contribution is 5.99. The number of benzene rings is 1. The second kappa shape index (κ2) is 7.53. The van der Waals surface area contributed by atoms with Crippen molar-refractivity contribution in [3.05, 3.63) is 33.6 Å². The van der Waals surface area contributed by atoms with Crippen LogP contribution in [0.15, 0.2) is 12.1 Å². The molecule has 1 rings (SSSR count). The Balaban J connectivity index is 2.89. The average molecular weight is 298 g/mol. The zero-order valence-electron chi connectivity index (χ0n) is 12.0. The van der Waals surface area contributed by atoms with Crippen molar-refractivity contribution >= 4 is 17.3 Å². The molecule has 0 saturated heterocycles. The third kappa shape index (κ3) is 4.67. The molecular weight excluding hydrogens is 279 g/mol. The number of hydrogen-bond acceptors (Lipinski definition) is 5. The fourth-order valence-corrected chi connectivity index (χ4v) is 1.81. The Morgan fingerprint density at radius 3 is 2.67 bits per heavy atom. The number of hydrogen-bond donors (Lipinski definition) is 3. The lowest BCUT2D eigenvalue weighted by Gasteiger charge is -2.09. The third-order valence-corrected chi connectivity index (χ3v) is 2.93. The lowest BCUT2D eigenvalue weighted by atomic mass is 10.1. The minimum atomic E-state index is -0.888. The number of nitro benzene ring substituents is 1. The van der Waals surface area contributed by atoms with E-state index in [0.29, 0.717) is 18.5 Å². The van der Waals surface area contributed by atoms with Gasteiger partial charge in [-0.2, -0.15) is 0 Å². The second-order valence-corrected chi connectivity index (χ2v) is 5.04. The van der Waals surface area contributed by atoms with Gasteiger partial charge in [0, 0.05) is 6.54 Å². The highest BCUT2D eigenvalue weighted by atomic mass is 19.1. The summed E-state index contributed by atoms with van der Waals surface area (Å²) in [6.07, 6.45) is 1.70. The first-order valence-corrected chi connectivity index (χ1v) is 6.59. The topological polar surface area (TPSA) is 110 Å². The number of hydrazine groups is 1. The zero-order chi connectivity index (χ0) is 16.0. The number of halogens is 1. The zero-order valence-corrected chi connectivity index (χ0v) is 12.0. The summed E-state index contributed by atoms with van der Waals surface area (Å²) in [5.74, 6) is 4.11. The van der Waals surface area contributed by atoms with Gasteiger partial charge in [0.05, 0.1) is 16.7 Å². The molecule has 0 aliphatic rings. The van der Waals surface area contributed by atoms with E-state index >= 15 is 0 Å². The van der Waals surface area contributed by atoms with Gasteiger partial charge in [-0.3, -0.25) is 20.8 Å². The number of nitro groups is 1. The van der Waals surface area contributed by atoms with Crippen LogP contribution in [0.3, 0.4) is 0 Å². The van der Waals surface area contributed by atoms with Crippen molar-refractivity contribution in [1.29, 1.82) is 0 Å². The molecule has 8 heteroatoms. The van der Waals surface area contributed by atoms with Gasteiger partial charge in [0.1, 0.15) is 5.56 Å². The molecule has 0 aliphatic carbocycles. The van der Waals surface area contributed by atoms with Gasteiger partial charge in [0.2, 0.25) is 0 Å². The Morgan fingerprint density at radius 1 is 1.48 bits per heavy atom. The number of carbonyl (C=O) groups is 1. The highest BCUT2D eigenvalue weighted by Gasteiger charge is 2.23. The number of nitrogen functional groups attached to an aromatic ring is 1. The first-order valence-electron chi connectivity index (χ1n) is 6.59. The number of nitrogens with zero attached hydrogens (tertiary/aromatic N) is 1. The predicted octanol–water partition coefficient (Wildman–Crippen LogP) is 2.19. The van der Waals surface area contributed by atoms with Crippen molar-refractivity contribution in [2.75, 3.05) is 12.0 Å². The third-order valence-electron chi connectivity index (χ3n) is 2.93. The number of carbonyl (C=O) groups excluding carboxylic acids is 1. The molecule has 116 valence electrons. The van der Waals surface area contributed by atoms with Crippen LogP contribution in [0.25, 0.3) is 0 Å². The summed E-state index contributed by atoms with van der Waals surface area (Å²) in [6, 6.07) is 1.71. The molecule has 0 heterocycles. The fourth-order valence-electron chi connectivity index (χ4n) is 1.81. The number of rotatable bonds is 7. The summed E-state index contributed by atoms with van der Waals surface area (Å²) < 4.78 is 13.5. The highest BCUT2D eigenvalue weighted by Crippen LogP contribution is 2.25. The van der Waals surface area contributed by atoms with E-state index in [-0.39, 0.29) is 11.3 Å². The normalized spacial score (nSPS) is 10.5. The van der Waals surface area contributed by atoms with Crippen molar-refractivity contribution in [3.8, 4) is 0 Å². The quantitative estimate of drug-likeness (QED) is 0.309. The minimum absolute atomic E-state index is 0.173. The van der Waals surface area contributed by atoms with Gasteiger partial charge in [-0.15, -0.1) is 0 Å². The van der Waals surface area contributed by atoms with E-state index in [4.69, 9.17) is 5.84 Å². The van der Waals surface area contributed by atoms with E-state index in [9.17, 15) is 19.3 Å². The molecule has 4 N–H and O–H groups in total. The van der Waals surface area contributed by atoms with E-state index in [1.54, 1.807) is 0 Å². The first-order chi connectivity index (χ1) is 9.86. The van der Waals surface area contributed by atoms with Crippen LogP contribution in [0.4, 0.5) is 15.8 Å². The molecule has 0 unspecified atom stereocenters. The maximum absolute atomic E-state index is 13.5. The van der Waals surface area contributed by atoms with Gasteiger partial charge in [-0.05, 0) is 24.8 Å². The van der Waals surface area contributed by atoms with Crippen LogP contribution in [0, 0.1) is 21.8 Å². The Morgan fingerprint density at radius 2 is 2.14 bits per heavy atom. The van der Waals surface area contributed by atoms with Crippen LogP contribution in [0.5, 0.6) is 0 Å². The van der Waals surface area contributed by atoms with Crippen LogP contribution in [-0.4, -0.2) is 17.4 Å². The van der Waals surface area contributed by atoms with E-state index < -0.39 is 22.3 Å². The van der Waals surface area contributed by atoms with Gasteiger partial charge in [-0.1, -0.05) is 13.8 Å². The average Bonchev–Trinajstić information content (AvgIpc) is 2.42. The predicted molar refractivity (Wildman–Crippen MR) is 77.3 cm³/mol. The van der Waals surface area contributed by atoms with E-state index in [2.05, 4.69) is 24.6 Å². The summed E-state index contributed by atoms with van der Waals surface area (Å²) in [5, 5.41) is 13.5.